The van der Waals surface area contributed by atoms with Gasteiger partial charge in [-0.25, -0.2) is 19.5 Å². The molecule has 1 saturated heterocycles. The third-order valence-electron chi connectivity index (χ3n) is 4.97. The fourth-order valence-electron chi connectivity index (χ4n) is 3.40. The lowest BCUT2D eigenvalue weighted by atomic mass is 10.1. The van der Waals surface area contributed by atoms with E-state index in [9.17, 15) is 30.1 Å². The molecule has 0 saturated carbocycles. The topological polar surface area (TPSA) is 233 Å². The van der Waals surface area contributed by atoms with Crippen LogP contribution in [0.5, 0.6) is 17.2 Å². The van der Waals surface area contributed by atoms with Crippen molar-refractivity contribution in [2.75, 3.05) is 11.9 Å². The minimum Gasteiger partial charge on any atom is -0.507 e. The molecule has 16 heteroatoms. The highest BCUT2D eigenvalue weighted by atomic mass is 31.2. The van der Waals surface area contributed by atoms with Crippen LogP contribution in [0.1, 0.15) is 11.8 Å². The molecule has 8 N–H and O–H groups in total. The van der Waals surface area contributed by atoms with Crippen molar-refractivity contribution in [1.82, 2.24) is 19.5 Å². The number of benzene rings is 1. The monoisotopic (exact) mass is 485 g/mol. The predicted molar refractivity (Wildman–Crippen MR) is 108 cm³/mol. The predicted octanol–water partition coefficient (Wildman–Crippen LogP) is -1.07. The molecule has 0 bridgehead atoms. The summed E-state index contributed by atoms with van der Waals surface area (Å²) in [6.07, 6.45) is -2.17. The number of phosphoric acid groups is 1. The summed E-state index contributed by atoms with van der Waals surface area (Å²) in [4.78, 5) is 30.3. The van der Waals surface area contributed by atoms with Crippen molar-refractivity contribution in [3.63, 3.8) is 0 Å². The molecule has 0 unspecified atom stereocenters. The zero-order valence-corrected chi connectivity index (χ0v) is 17.5. The molecule has 4 rings (SSSR count). The number of aromatic nitrogens is 4. The van der Waals surface area contributed by atoms with Gasteiger partial charge in [0.05, 0.1) is 12.9 Å². The van der Waals surface area contributed by atoms with Gasteiger partial charge in [-0.1, -0.05) is 0 Å². The van der Waals surface area contributed by atoms with Gasteiger partial charge in [0.25, 0.3) is 0 Å². The Morgan fingerprint density at radius 2 is 1.88 bits per heavy atom. The highest BCUT2D eigenvalue weighted by Crippen LogP contribution is 2.44. The van der Waals surface area contributed by atoms with Crippen LogP contribution in [0, 0.1) is 0 Å². The maximum Gasteiger partial charge on any atom is 0.524 e. The van der Waals surface area contributed by atoms with Crippen LogP contribution in [0.2, 0.25) is 0 Å². The van der Waals surface area contributed by atoms with Crippen molar-refractivity contribution in [2.45, 2.75) is 31.1 Å². The lowest BCUT2D eigenvalue weighted by Crippen LogP contribution is -2.33. The number of aliphatic hydroxyl groups is 3. The Balaban J connectivity index is 1.59. The number of phenolic OH excluding ortho intramolecular Hbond substituents is 2. The van der Waals surface area contributed by atoms with Gasteiger partial charge in [0.2, 0.25) is 0 Å². The molecule has 0 amide bonds. The van der Waals surface area contributed by atoms with Gasteiger partial charge in [-0.15, -0.1) is 0 Å². The second kappa shape index (κ2) is 8.72. The van der Waals surface area contributed by atoms with E-state index in [1.165, 1.54) is 17.2 Å². The first kappa shape index (κ1) is 23.1. The summed E-state index contributed by atoms with van der Waals surface area (Å²) in [5.41, 5.74) is 0.605. The van der Waals surface area contributed by atoms with Crippen molar-refractivity contribution in [1.29, 1.82) is 0 Å². The molecule has 0 spiro atoms. The van der Waals surface area contributed by atoms with E-state index >= 15 is 0 Å². The lowest BCUT2D eigenvalue weighted by molar-refractivity contribution is -0.0511. The number of nitrogens with one attached hydrogen (secondary N) is 1. The summed E-state index contributed by atoms with van der Waals surface area (Å²) in [6.45, 7) is -0.608. The molecule has 1 aliphatic heterocycles. The van der Waals surface area contributed by atoms with E-state index in [2.05, 4.69) is 24.8 Å². The standard InChI is InChI=1S/C17H20N5O10P/c23-4-11-13(26)14(27)17(31-11)22-6-21-12-15(19-5-20-16(12)22)18-3-7-1-10(32-33(28,29)30)9(25)2-8(7)24/h1-2,5-6,11,13-14,17,23-27H,3-4H2,(H,18,19,20)(H2,28,29,30)/t11-,13-,14-,17-/m1/s1. The third kappa shape index (κ3) is 4.56. The molecule has 0 aliphatic carbocycles. The third-order valence-corrected chi connectivity index (χ3v) is 5.41. The molecule has 0 radical (unpaired) electrons. The minimum absolute atomic E-state index is 0.115. The molecule has 2 aromatic heterocycles. The van der Waals surface area contributed by atoms with Gasteiger partial charge in [-0.2, -0.15) is 0 Å². The van der Waals surface area contributed by atoms with E-state index in [1.54, 1.807) is 0 Å². The van der Waals surface area contributed by atoms with Crippen LogP contribution in [0.3, 0.4) is 0 Å². The average Bonchev–Trinajstić information content (AvgIpc) is 3.30. The summed E-state index contributed by atoms with van der Waals surface area (Å²) >= 11 is 0. The molecule has 1 aromatic carbocycles. The second-order valence-electron chi connectivity index (χ2n) is 7.16. The zero-order chi connectivity index (χ0) is 23.9. The summed E-state index contributed by atoms with van der Waals surface area (Å²) in [6, 6.07) is 1.92. The van der Waals surface area contributed by atoms with Gasteiger partial charge in [0.1, 0.15) is 30.4 Å². The highest BCUT2D eigenvalue weighted by molar-refractivity contribution is 7.46. The number of nitrogens with zero attached hydrogens (tertiary/aromatic N) is 4. The number of rotatable bonds is 7. The van der Waals surface area contributed by atoms with Gasteiger partial charge in [-0.3, -0.25) is 14.4 Å². The summed E-state index contributed by atoms with van der Waals surface area (Å²) in [5, 5.41) is 52.2. The first-order valence-corrected chi connectivity index (χ1v) is 11.0. The average molecular weight is 485 g/mol. The number of ether oxygens (including phenoxy) is 1. The van der Waals surface area contributed by atoms with Crippen LogP contribution in [-0.2, 0) is 15.8 Å². The van der Waals surface area contributed by atoms with Crippen LogP contribution >= 0.6 is 7.82 Å². The molecule has 3 aromatic rings. The van der Waals surface area contributed by atoms with E-state index in [0.717, 1.165) is 12.1 Å². The van der Waals surface area contributed by atoms with E-state index < -0.39 is 50.5 Å². The molecular weight excluding hydrogens is 465 g/mol. The van der Waals surface area contributed by atoms with Crippen LogP contribution in [0.15, 0.2) is 24.8 Å². The molecule has 1 fully saturated rings. The fourth-order valence-corrected chi connectivity index (χ4v) is 3.80. The first-order chi connectivity index (χ1) is 15.6. The minimum atomic E-state index is -4.94. The number of hydrogen-bond acceptors (Lipinski definition) is 12. The Hall–Kier alpha value is -3.04. The largest absolute Gasteiger partial charge is 0.524 e. The molecule has 178 valence electrons. The summed E-state index contributed by atoms with van der Waals surface area (Å²) in [7, 11) is -4.94. The number of phenols is 2. The second-order valence-corrected chi connectivity index (χ2v) is 8.32. The van der Waals surface area contributed by atoms with Gasteiger partial charge in [-0.05, 0) is 6.07 Å². The van der Waals surface area contributed by atoms with Crippen LogP contribution < -0.4 is 9.84 Å². The number of fused-ring (bicyclic) bond motifs is 1. The van der Waals surface area contributed by atoms with Crippen molar-refractivity contribution in [2.24, 2.45) is 0 Å². The van der Waals surface area contributed by atoms with Crippen LogP contribution in [0.25, 0.3) is 11.2 Å². The molecule has 1 aliphatic rings. The molecule has 3 heterocycles. The normalized spacial score (nSPS) is 23.2. The van der Waals surface area contributed by atoms with Crippen LogP contribution in [-0.4, -0.2) is 79.8 Å². The Labute approximate surface area is 184 Å². The summed E-state index contributed by atoms with van der Waals surface area (Å²) < 4.78 is 22.3. The first-order valence-electron chi connectivity index (χ1n) is 9.43. The van der Waals surface area contributed by atoms with E-state index in [4.69, 9.17) is 14.5 Å². The maximum atomic E-state index is 11.1. The Bertz CT molecular complexity index is 1220. The SMILES string of the molecule is O=P(O)(O)Oc1cc(CNc2ncnc3c2ncn3[C@@H]2O[C@H](CO)[C@@H](O)[C@H]2O)c(O)cc1O. The quantitative estimate of drug-likeness (QED) is 0.186. The molecular formula is C17H20N5O10P. The van der Waals surface area contributed by atoms with Gasteiger partial charge in [0.15, 0.2) is 34.7 Å². The van der Waals surface area contributed by atoms with E-state index in [-0.39, 0.29) is 34.8 Å². The number of imidazole rings is 1. The number of hydrogen-bond donors (Lipinski definition) is 8. The number of aliphatic hydroxyl groups excluding tert-OH is 3. The number of anilines is 1. The smallest absolute Gasteiger partial charge is 0.507 e. The Kier molecular flexibility index (Phi) is 6.11. The lowest BCUT2D eigenvalue weighted by Gasteiger charge is -2.16. The fraction of sp³-hybridized carbons (Fsp3) is 0.353. The van der Waals surface area contributed by atoms with E-state index in [1.807, 2.05) is 0 Å². The molecule has 33 heavy (non-hydrogen) atoms. The summed E-state index contributed by atoms with van der Waals surface area (Å²) in [5.74, 6) is -1.36. The van der Waals surface area contributed by atoms with Crippen molar-refractivity contribution >= 4 is 24.8 Å². The highest BCUT2D eigenvalue weighted by Gasteiger charge is 2.44. The Morgan fingerprint density at radius 1 is 1.12 bits per heavy atom. The maximum absolute atomic E-state index is 11.1. The zero-order valence-electron chi connectivity index (χ0n) is 16.6. The van der Waals surface area contributed by atoms with Gasteiger partial charge in [0, 0.05) is 18.2 Å². The van der Waals surface area contributed by atoms with Crippen LogP contribution in [0.4, 0.5) is 5.82 Å². The molecule has 15 nitrogen and oxygen atoms in total. The van der Waals surface area contributed by atoms with Crippen molar-refractivity contribution < 1.29 is 49.1 Å². The van der Waals surface area contributed by atoms with E-state index in [0.29, 0.717) is 0 Å². The number of aromatic hydroxyl groups is 2. The number of phosphoric ester groups is 1. The molecule has 4 atom stereocenters. The Morgan fingerprint density at radius 3 is 2.55 bits per heavy atom. The van der Waals surface area contributed by atoms with Gasteiger partial charge < -0.3 is 40.1 Å². The van der Waals surface area contributed by atoms with Crippen molar-refractivity contribution in [3.8, 4) is 17.2 Å². The van der Waals surface area contributed by atoms with Gasteiger partial charge >= 0.3 is 7.82 Å². The van der Waals surface area contributed by atoms with Crippen molar-refractivity contribution in [3.05, 3.63) is 30.4 Å².